The van der Waals surface area contributed by atoms with Crippen molar-refractivity contribution in [1.82, 2.24) is 14.5 Å². The van der Waals surface area contributed by atoms with Gasteiger partial charge in [0.1, 0.15) is 17.2 Å². The maximum absolute atomic E-state index is 12.5. The molecule has 5 rings (SSSR count). The third kappa shape index (κ3) is 3.87. The molecule has 2 N–H and O–H groups in total. The van der Waals surface area contributed by atoms with Crippen molar-refractivity contribution >= 4 is 18.6 Å². The number of nitrogens with zero attached hydrogens (tertiary/aromatic N) is 3. The fourth-order valence-corrected chi connectivity index (χ4v) is 3.68. The van der Waals surface area contributed by atoms with Gasteiger partial charge in [0.25, 0.3) is 5.56 Å². The molecule has 0 amide bonds. The summed E-state index contributed by atoms with van der Waals surface area (Å²) in [4.78, 5) is 30.7. The van der Waals surface area contributed by atoms with Crippen molar-refractivity contribution in [3.8, 4) is 40.4 Å². The zero-order valence-electron chi connectivity index (χ0n) is 17.4. The van der Waals surface area contributed by atoms with E-state index in [1.807, 2.05) is 0 Å². The number of aromatic nitrogens is 3. The summed E-state index contributed by atoms with van der Waals surface area (Å²) in [5.41, 5.74) is 0.594. The third-order valence-corrected chi connectivity index (χ3v) is 5.15. The van der Waals surface area contributed by atoms with Crippen LogP contribution in [-0.2, 0) is 0 Å². The smallest absolute Gasteiger partial charge is 0.537 e. The molecule has 0 atom stereocenters. The molecule has 0 fully saturated rings. The number of aromatic amines is 1. The lowest BCUT2D eigenvalue weighted by Crippen LogP contribution is -2.27. The van der Waals surface area contributed by atoms with E-state index in [9.17, 15) is 14.9 Å². The molecular formula is C24H14BN4O5. The molecule has 2 aliphatic heterocycles. The van der Waals surface area contributed by atoms with E-state index in [-0.39, 0.29) is 11.4 Å². The Morgan fingerprint density at radius 3 is 2.53 bits per heavy atom. The average molecular weight is 449 g/mol. The highest BCUT2D eigenvalue weighted by atomic mass is 16.5. The maximum Gasteiger partial charge on any atom is 0.569 e. The van der Waals surface area contributed by atoms with Crippen LogP contribution in [0.2, 0.25) is 0 Å². The highest BCUT2D eigenvalue weighted by Crippen LogP contribution is 2.30. The van der Waals surface area contributed by atoms with Gasteiger partial charge in [-0.15, -0.1) is 0 Å². The van der Waals surface area contributed by atoms with Crippen LogP contribution in [0.1, 0.15) is 5.56 Å². The first-order chi connectivity index (χ1) is 16.6. The van der Waals surface area contributed by atoms with E-state index in [2.05, 4.69) is 16.0 Å². The Morgan fingerprint density at radius 1 is 0.971 bits per heavy atom. The Labute approximate surface area is 192 Å². The van der Waals surface area contributed by atoms with Gasteiger partial charge < -0.3 is 14.4 Å². The Bertz CT molecular complexity index is 1650. The second kappa shape index (κ2) is 8.57. The molecule has 2 heterocycles. The molecule has 9 nitrogen and oxygen atoms in total. The highest BCUT2D eigenvalue weighted by Gasteiger charge is 2.18. The van der Waals surface area contributed by atoms with Gasteiger partial charge in [-0.2, -0.15) is 10.2 Å². The summed E-state index contributed by atoms with van der Waals surface area (Å²) in [6, 6.07) is 22.5. The minimum atomic E-state index is -0.760. The van der Waals surface area contributed by atoms with Crippen molar-refractivity contribution in [2.24, 2.45) is 0 Å². The fraction of sp³-hybridized carbons (Fsp3) is 0. The topological polar surface area (TPSA) is 130 Å². The first-order valence-corrected chi connectivity index (χ1v) is 10.1. The third-order valence-electron chi connectivity index (χ3n) is 5.15. The molecule has 0 saturated heterocycles. The minimum absolute atomic E-state index is 0.176. The summed E-state index contributed by atoms with van der Waals surface area (Å²) in [6.45, 7) is 0. The summed E-state index contributed by atoms with van der Waals surface area (Å²) < 4.78 is 12.5. The minimum Gasteiger partial charge on any atom is -0.537 e. The number of nitriles is 1. The fourth-order valence-electron chi connectivity index (χ4n) is 3.68. The van der Waals surface area contributed by atoms with Crippen LogP contribution in [0.15, 0.2) is 82.4 Å². The number of fused-ring (bicyclic) bond motifs is 2. The lowest BCUT2D eigenvalue weighted by molar-refractivity contribution is 0.446. The Balaban J connectivity index is 1.63. The van der Waals surface area contributed by atoms with E-state index in [1.54, 1.807) is 77.4 Å². The standard InChI is InChI=1S/C24H14BN4O5/c26-13-14-4-5-15-11-20-22(27-24(31)28-23(20)30)29(21(15)10-14)16-6-8-17(9-7-16)33-18-2-1-3-19(12-18)34-25-32/h1-12,32H,(H,28,30,31). The highest BCUT2D eigenvalue weighted by molar-refractivity contribution is 6.17. The van der Waals surface area contributed by atoms with Crippen molar-refractivity contribution in [2.45, 2.75) is 0 Å². The van der Waals surface area contributed by atoms with Gasteiger partial charge in [0.05, 0.1) is 22.7 Å². The van der Waals surface area contributed by atoms with Crippen molar-refractivity contribution in [2.75, 3.05) is 0 Å². The van der Waals surface area contributed by atoms with Crippen molar-refractivity contribution in [3.05, 3.63) is 99.2 Å². The van der Waals surface area contributed by atoms with E-state index < -0.39 is 11.2 Å². The molecule has 3 aromatic rings. The molecule has 0 aromatic heterocycles. The summed E-state index contributed by atoms with van der Waals surface area (Å²) in [7, 11) is 0.587. The lowest BCUT2D eigenvalue weighted by atomic mass is 10.1. The monoisotopic (exact) mass is 449 g/mol. The molecule has 34 heavy (non-hydrogen) atoms. The summed E-state index contributed by atoms with van der Waals surface area (Å²) in [6.07, 6.45) is 0. The summed E-state index contributed by atoms with van der Waals surface area (Å²) in [5.74, 6) is 1.60. The molecule has 1 radical (unpaired) electrons. The molecular weight excluding hydrogens is 435 g/mol. The van der Waals surface area contributed by atoms with Gasteiger partial charge in [-0.25, -0.2) is 4.79 Å². The summed E-state index contributed by atoms with van der Waals surface area (Å²) in [5, 5.41) is 18.9. The molecule has 0 saturated carbocycles. The molecule has 10 heteroatoms. The number of pyridine rings is 1. The van der Waals surface area contributed by atoms with Crippen molar-refractivity contribution in [3.63, 3.8) is 0 Å². The SMILES string of the molecule is N#Cc1ccc2cc3c(=O)[nH]c(=O)nc-3n(-c3ccc(Oc4cccc(O[B]O)c4)cc3)c2c1. The first kappa shape index (κ1) is 21.0. The molecule has 0 bridgehead atoms. The molecule has 2 aliphatic rings. The van der Waals surface area contributed by atoms with Gasteiger partial charge >= 0.3 is 13.4 Å². The van der Waals surface area contributed by atoms with Crippen LogP contribution in [0.25, 0.3) is 28.0 Å². The van der Waals surface area contributed by atoms with Gasteiger partial charge in [-0.1, -0.05) is 12.1 Å². The maximum atomic E-state index is 12.5. The average Bonchev–Trinajstić information content (AvgIpc) is 2.84. The van der Waals surface area contributed by atoms with Crippen LogP contribution in [-0.4, -0.2) is 27.2 Å². The van der Waals surface area contributed by atoms with Gasteiger partial charge in [0, 0.05) is 11.8 Å². The van der Waals surface area contributed by atoms with E-state index in [1.165, 1.54) is 0 Å². The normalized spacial score (nSPS) is 10.7. The predicted molar refractivity (Wildman–Crippen MR) is 124 cm³/mol. The summed E-state index contributed by atoms with van der Waals surface area (Å²) >= 11 is 0. The van der Waals surface area contributed by atoms with Gasteiger partial charge in [0.2, 0.25) is 0 Å². The van der Waals surface area contributed by atoms with E-state index >= 15 is 0 Å². The number of ether oxygens (including phenoxy) is 1. The number of nitrogens with one attached hydrogen (secondary N) is 1. The van der Waals surface area contributed by atoms with Gasteiger partial charge in [0.15, 0.2) is 5.82 Å². The Hall–Kier alpha value is -4.88. The van der Waals surface area contributed by atoms with E-state index in [4.69, 9.17) is 14.4 Å². The van der Waals surface area contributed by atoms with Gasteiger partial charge in [-0.3, -0.25) is 14.3 Å². The lowest BCUT2D eigenvalue weighted by Gasteiger charge is -2.18. The van der Waals surface area contributed by atoms with Crippen molar-refractivity contribution in [1.29, 1.82) is 5.26 Å². The van der Waals surface area contributed by atoms with Crippen LogP contribution < -0.4 is 20.6 Å². The van der Waals surface area contributed by atoms with Crippen LogP contribution in [0.3, 0.4) is 0 Å². The van der Waals surface area contributed by atoms with Crippen LogP contribution >= 0.6 is 0 Å². The number of rotatable bonds is 5. The van der Waals surface area contributed by atoms with Crippen molar-refractivity contribution < 1.29 is 14.4 Å². The second-order valence-electron chi connectivity index (χ2n) is 7.27. The zero-order valence-corrected chi connectivity index (χ0v) is 17.4. The zero-order chi connectivity index (χ0) is 23.7. The number of H-pyrrole nitrogens is 1. The molecule has 3 aromatic carbocycles. The Morgan fingerprint density at radius 2 is 1.76 bits per heavy atom. The predicted octanol–water partition coefficient (Wildman–Crippen LogP) is 2.75. The van der Waals surface area contributed by atoms with E-state index in [0.29, 0.717) is 47.1 Å². The number of hydrogen-bond donors (Lipinski definition) is 2. The Kier molecular flexibility index (Phi) is 5.30. The molecule has 0 aliphatic carbocycles. The number of benzene rings is 3. The van der Waals surface area contributed by atoms with Crippen LogP contribution in [0.5, 0.6) is 17.2 Å². The van der Waals surface area contributed by atoms with E-state index in [0.717, 1.165) is 0 Å². The van der Waals surface area contributed by atoms with Crippen LogP contribution in [0.4, 0.5) is 0 Å². The number of hydrogen-bond acceptors (Lipinski definition) is 7. The van der Waals surface area contributed by atoms with Gasteiger partial charge in [-0.05, 0) is 60.0 Å². The quantitative estimate of drug-likeness (QED) is 0.312. The molecule has 0 spiro atoms. The largest absolute Gasteiger partial charge is 0.569 e. The second-order valence-corrected chi connectivity index (χ2v) is 7.27. The first-order valence-electron chi connectivity index (χ1n) is 10.1. The molecule has 163 valence electrons. The molecule has 0 unspecified atom stereocenters. The van der Waals surface area contributed by atoms with Crippen LogP contribution in [0, 0.1) is 11.3 Å².